The summed E-state index contributed by atoms with van der Waals surface area (Å²) in [6.45, 7) is 3.09. The quantitative estimate of drug-likeness (QED) is 0.853. The minimum atomic E-state index is 0.333. The molecule has 1 fully saturated rings. The molecule has 17 heavy (non-hydrogen) atoms. The van der Waals surface area contributed by atoms with Crippen LogP contribution in [0.25, 0.3) is 0 Å². The Morgan fingerprint density at radius 3 is 2.88 bits per heavy atom. The van der Waals surface area contributed by atoms with Crippen molar-refractivity contribution >= 4 is 5.95 Å². The van der Waals surface area contributed by atoms with Crippen LogP contribution in [0.5, 0.6) is 0 Å². The lowest BCUT2D eigenvalue weighted by molar-refractivity contribution is 0.672. The molecule has 0 amide bonds. The molecule has 0 saturated carbocycles. The molecule has 1 aliphatic rings. The summed E-state index contributed by atoms with van der Waals surface area (Å²) in [6.07, 6.45) is 7.75. The summed E-state index contributed by atoms with van der Waals surface area (Å²) in [6, 6.07) is 2.18. The van der Waals surface area contributed by atoms with Gasteiger partial charge in [-0.05, 0) is 31.4 Å². The van der Waals surface area contributed by atoms with Gasteiger partial charge in [0.1, 0.15) is 0 Å². The van der Waals surface area contributed by atoms with Crippen LogP contribution < -0.4 is 4.90 Å². The van der Waals surface area contributed by atoms with Crippen LogP contribution in [-0.4, -0.2) is 26.7 Å². The molecule has 3 heterocycles. The van der Waals surface area contributed by atoms with Crippen molar-refractivity contribution in [2.24, 2.45) is 0 Å². The number of nitrogens with one attached hydrogen (secondary N) is 1. The summed E-state index contributed by atoms with van der Waals surface area (Å²) in [5.41, 5.74) is 2.40. The van der Waals surface area contributed by atoms with Gasteiger partial charge < -0.3 is 4.90 Å². The predicted octanol–water partition coefficient (Wildman–Crippen LogP) is 1.85. The van der Waals surface area contributed by atoms with E-state index >= 15 is 0 Å². The van der Waals surface area contributed by atoms with Crippen LogP contribution in [0.1, 0.15) is 30.1 Å². The average molecular weight is 229 g/mol. The highest BCUT2D eigenvalue weighted by molar-refractivity contribution is 5.37. The molecule has 1 aliphatic heterocycles. The highest BCUT2D eigenvalue weighted by Gasteiger charge is 2.29. The van der Waals surface area contributed by atoms with E-state index in [4.69, 9.17) is 0 Å². The maximum absolute atomic E-state index is 4.33. The third-order valence-corrected chi connectivity index (χ3v) is 3.26. The second-order valence-electron chi connectivity index (χ2n) is 4.37. The lowest BCUT2D eigenvalue weighted by atomic mass is 10.1. The highest BCUT2D eigenvalue weighted by atomic mass is 15.3. The summed E-state index contributed by atoms with van der Waals surface area (Å²) in [5.74, 6) is 0.809. The predicted molar refractivity (Wildman–Crippen MR) is 64.7 cm³/mol. The zero-order chi connectivity index (χ0) is 11.7. The van der Waals surface area contributed by atoms with Crippen molar-refractivity contribution in [3.05, 3.63) is 35.9 Å². The summed E-state index contributed by atoms with van der Waals surface area (Å²) in [7, 11) is 0. The molecule has 0 aliphatic carbocycles. The molecule has 2 aromatic rings. The minimum absolute atomic E-state index is 0.333. The van der Waals surface area contributed by atoms with E-state index in [2.05, 4.69) is 32.0 Å². The Bertz CT molecular complexity index is 493. The van der Waals surface area contributed by atoms with Crippen LogP contribution in [0.3, 0.4) is 0 Å². The molecule has 1 saturated heterocycles. The average Bonchev–Trinajstić information content (AvgIpc) is 2.98. The van der Waals surface area contributed by atoms with Gasteiger partial charge in [-0.3, -0.25) is 5.10 Å². The Labute approximate surface area is 99.9 Å². The van der Waals surface area contributed by atoms with Crippen molar-refractivity contribution in [2.45, 2.75) is 25.8 Å². The van der Waals surface area contributed by atoms with Gasteiger partial charge in [0.05, 0.1) is 17.9 Å². The number of aromatic nitrogens is 4. The Hall–Kier alpha value is -1.91. The first-order valence-corrected chi connectivity index (χ1v) is 5.90. The van der Waals surface area contributed by atoms with Crippen molar-refractivity contribution in [3.8, 4) is 0 Å². The molecule has 3 rings (SSSR count). The zero-order valence-electron chi connectivity index (χ0n) is 9.80. The molecule has 0 bridgehead atoms. The summed E-state index contributed by atoms with van der Waals surface area (Å²) < 4.78 is 0. The van der Waals surface area contributed by atoms with E-state index in [1.165, 1.54) is 17.7 Å². The number of hydrogen-bond acceptors (Lipinski definition) is 4. The molecule has 1 unspecified atom stereocenters. The smallest absolute Gasteiger partial charge is 0.225 e. The van der Waals surface area contributed by atoms with Gasteiger partial charge in [0.2, 0.25) is 5.95 Å². The maximum Gasteiger partial charge on any atom is 0.225 e. The molecular weight excluding hydrogens is 214 g/mol. The lowest BCUT2D eigenvalue weighted by Crippen LogP contribution is -2.25. The third kappa shape index (κ3) is 1.77. The Kier molecular flexibility index (Phi) is 2.51. The van der Waals surface area contributed by atoms with Crippen molar-refractivity contribution in [1.29, 1.82) is 0 Å². The van der Waals surface area contributed by atoms with Crippen LogP contribution in [0, 0.1) is 6.92 Å². The Morgan fingerprint density at radius 1 is 1.35 bits per heavy atom. The highest BCUT2D eigenvalue weighted by Crippen LogP contribution is 2.34. The maximum atomic E-state index is 4.33. The fourth-order valence-electron chi connectivity index (χ4n) is 2.44. The van der Waals surface area contributed by atoms with E-state index in [1.807, 2.05) is 12.3 Å². The number of rotatable bonds is 2. The van der Waals surface area contributed by atoms with Gasteiger partial charge in [0.25, 0.3) is 0 Å². The molecule has 5 nitrogen and oxygen atoms in total. The first-order chi connectivity index (χ1) is 8.36. The molecule has 1 N–H and O–H groups in total. The number of aromatic amines is 1. The van der Waals surface area contributed by atoms with Gasteiger partial charge in [0.15, 0.2) is 0 Å². The number of aryl methyl sites for hydroxylation is 1. The Balaban J connectivity index is 1.93. The van der Waals surface area contributed by atoms with Gasteiger partial charge in [-0.1, -0.05) is 0 Å². The van der Waals surface area contributed by atoms with E-state index in [-0.39, 0.29) is 0 Å². The van der Waals surface area contributed by atoms with Crippen molar-refractivity contribution < 1.29 is 0 Å². The van der Waals surface area contributed by atoms with Gasteiger partial charge >= 0.3 is 0 Å². The van der Waals surface area contributed by atoms with Crippen LogP contribution in [0.4, 0.5) is 5.95 Å². The zero-order valence-corrected chi connectivity index (χ0v) is 9.80. The van der Waals surface area contributed by atoms with E-state index in [0.717, 1.165) is 18.9 Å². The molecular formula is C12H15N5. The Morgan fingerprint density at radius 2 is 2.18 bits per heavy atom. The molecule has 2 aromatic heterocycles. The molecule has 0 aromatic carbocycles. The third-order valence-electron chi connectivity index (χ3n) is 3.26. The fraction of sp³-hybridized carbons (Fsp3) is 0.417. The fourth-order valence-corrected chi connectivity index (χ4v) is 2.44. The summed E-state index contributed by atoms with van der Waals surface area (Å²) in [5, 5.41) is 7.20. The SMILES string of the molecule is Cc1cn[nH]c1C1CCCN1c1ncccn1. The molecule has 88 valence electrons. The molecule has 0 radical (unpaired) electrons. The normalized spacial score (nSPS) is 19.8. The standard InChI is InChI=1S/C12H15N5/c1-9-8-15-16-11(9)10-4-2-7-17(10)12-13-5-3-6-14-12/h3,5-6,8,10H,2,4,7H2,1H3,(H,15,16). The summed E-state index contributed by atoms with van der Waals surface area (Å²) >= 11 is 0. The van der Waals surface area contributed by atoms with Crippen LogP contribution >= 0.6 is 0 Å². The van der Waals surface area contributed by atoms with E-state index in [9.17, 15) is 0 Å². The van der Waals surface area contributed by atoms with Crippen LogP contribution in [-0.2, 0) is 0 Å². The van der Waals surface area contributed by atoms with Crippen LogP contribution in [0.15, 0.2) is 24.7 Å². The van der Waals surface area contributed by atoms with Crippen molar-refractivity contribution in [2.75, 3.05) is 11.4 Å². The van der Waals surface area contributed by atoms with Gasteiger partial charge in [-0.15, -0.1) is 0 Å². The second kappa shape index (κ2) is 4.16. The van der Waals surface area contributed by atoms with E-state index in [1.54, 1.807) is 12.4 Å². The largest absolute Gasteiger partial charge is 0.332 e. The first-order valence-electron chi connectivity index (χ1n) is 5.90. The van der Waals surface area contributed by atoms with Gasteiger partial charge in [0, 0.05) is 18.9 Å². The number of H-pyrrole nitrogens is 1. The molecule has 0 spiro atoms. The van der Waals surface area contributed by atoms with Gasteiger partial charge in [-0.25, -0.2) is 9.97 Å². The van der Waals surface area contributed by atoms with Crippen molar-refractivity contribution in [3.63, 3.8) is 0 Å². The molecule has 5 heteroatoms. The van der Waals surface area contributed by atoms with Crippen LogP contribution in [0.2, 0.25) is 0 Å². The number of nitrogens with zero attached hydrogens (tertiary/aromatic N) is 4. The minimum Gasteiger partial charge on any atom is -0.332 e. The second-order valence-corrected chi connectivity index (χ2v) is 4.37. The number of hydrogen-bond donors (Lipinski definition) is 1. The number of anilines is 1. The lowest BCUT2D eigenvalue weighted by Gasteiger charge is -2.23. The first kappa shape index (κ1) is 10.3. The monoisotopic (exact) mass is 229 g/mol. The van der Waals surface area contributed by atoms with Gasteiger partial charge in [-0.2, -0.15) is 5.10 Å². The summed E-state index contributed by atoms with van der Waals surface area (Å²) in [4.78, 5) is 10.9. The van der Waals surface area contributed by atoms with E-state index < -0.39 is 0 Å². The molecule has 1 atom stereocenters. The van der Waals surface area contributed by atoms with E-state index in [0.29, 0.717) is 6.04 Å². The van der Waals surface area contributed by atoms with Crippen molar-refractivity contribution in [1.82, 2.24) is 20.2 Å². The topological polar surface area (TPSA) is 57.7 Å².